The third-order valence-electron chi connectivity index (χ3n) is 1.78. The monoisotopic (exact) mass is 270 g/mol. The van der Waals surface area contributed by atoms with Gasteiger partial charge in [-0.05, 0) is 6.92 Å². The Morgan fingerprint density at radius 1 is 1.47 bits per heavy atom. The maximum Gasteiger partial charge on any atom is 0.422 e. The summed E-state index contributed by atoms with van der Waals surface area (Å²) in [5.41, 5.74) is -3.32. The fraction of sp³-hybridized carbons (Fsp3) is 0.625. The molecular weight excluding hydrogens is 261 g/mol. The van der Waals surface area contributed by atoms with Crippen LogP contribution in [0.3, 0.4) is 0 Å². The van der Waals surface area contributed by atoms with Crippen LogP contribution in [0.15, 0.2) is 0 Å². The number of carbonyl (C=O) groups excluding carboxylic acids is 1. The Balaban J connectivity index is 4.64. The van der Waals surface area contributed by atoms with Crippen molar-refractivity contribution in [3.8, 4) is 6.07 Å². The zero-order chi connectivity index (χ0) is 13.7. The summed E-state index contributed by atoms with van der Waals surface area (Å²) in [6, 6.07) is 1.68. The number of carbonyl (C=O) groups is 2. The van der Waals surface area contributed by atoms with Crippen LogP contribution in [0.2, 0.25) is 0 Å². The van der Waals surface area contributed by atoms with Gasteiger partial charge in [-0.15, -0.1) is 11.8 Å². The first-order chi connectivity index (χ1) is 7.65. The van der Waals surface area contributed by atoms with Gasteiger partial charge in [0.25, 0.3) is 0 Å². The number of aliphatic carboxylic acids is 1. The Labute approximate surface area is 99.0 Å². The van der Waals surface area contributed by atoms with E-state index >= 15 is 0 Å². The highest BCUT2D eigenvalue weighted by Gasteiger charge is 2.58. The maximum atomic E-state index is 12.4. The summed E-state index contributed by atoms with van der Waals surface area (Å²) < 4.78 is 37.3. The Morgan fingerprint density at radius 2 is 2.00 bits per heavy atom. The van der Waals surface area contributed by atoms with Crippen LogP contribution in [0.25, 0.3) is 0 Å². The van der Waals surface area contributed by atoms with E-state index in [0.29, 0.717) is 6.92 Å². The number of alkyl halides is 3. The second kappa shape index (κ2) is 5.77. The molecule has 0 heterocycles. The lowest BCUT2D eigenvalue weighted by atomic mass is 10.0. The molecule has 17 heavy (non-hydrogen) atoms. The topological polar surface area (TPSA) is 90.2 Å². The van der Waals surface area contributed by atoms with Crippen LogP contribution in [0, 0.1) is 11.3 Å². The molecule has 96 valence electrons. The predicted octanol–water partition coefficient (Wildman–Crippen LogP) is 0.765. The zero-order valence-corrected chi connectivity index (χ0v) is 9.48. The van der Waals surface area contributed by atoms with E-state index in [1.165, 1.54) is 5.32 Å². The fourth-order valence-corrected chi connectivity index (χ4v) is 1.20. The quantitative estimate of drug-likeness (QED) is 0.720. The van der Waals surface area contributed by atoms with Crippen LogP contribution in [0.5, 0.6) is 0 Å². The van der Waals surface area contributed by atoms with E-state index in [1.54, 1.807) is 6.07 Å². The average Bonchev–Trinajstić information content (AvgIpc) is 2.15. The lowest BCUT2D eigenvalue weighted by molar-refractivity contribution is -0.206. The second-order valence-electron chi connectivity index (χ2n) is 3.13. The van der Waals surface area contributed by atoms with Gasteiger partial charge in [-0.25, -0.2) is 4.79 Å². The normalized spacial score (nSPS) is 14.5. The Morgan fingerprint density at radius 3 is 2.35 bits per heavy atom. The summed E-state index contributed by atoms with van der Waals surface area (Å²) in [6.45, 7) is 0.363. The molecule has 0 aromatic rings. The first-order valence-electron chi connectivity index (χ1n) is 4.21. The molecule has 0 aliphatic rings. The number of carboxylic acid groups (broad SMARTS) is 1. The van der Waals surface area contributed by atoms with Crippen molar-refractivity contribution in [2.24, 2.45) is 0 Å². The number of amides is 1. The Kier molecular flexibility index (Phi) is 5.28. The van der Waals surface area contributed by atoms with E-state index in [1.807, 2.05) is 0 Å². The molecule has 0 aromatic heterocycles. The lowest BCUT2D eigenvalue weighted by Crippen LogP contribution is -2.62. The summed E-state index contributed by atoms with van der Waals surface area (Å²) in [5.74, 6) is -3.76. The van der Waals surface area contributed by atoms with Gasteiger partial charge in [0.05, 0.1) is 17.6 Å². The van der Waals surface area contributed by atoms with Gasteiger partial charge in [0.2, 0.25) is 11.4 Å². The lowest BCUT2D eigenvalue weighted by Gasteiger charge is -2.28. The van der Waals surface area contributed by atoms with Crippen LogP contribution in [-0.2, 0) is 9.59 Å². The van der Waals surface area contributed by atoms with Gasteiger partial charge in [-0.1, -0.05) is 0 Å². The smallest absolute Gasteiger partial charge is 0.422 e. The molecule has 0 saturated carbocycles. The molecule has 0 saturated heterocycles. The minimum Gasteiger partial charge on any atom is -0.479 e. The van der Waals surface area contributed by atoms with E-state index in [9.17, 15) is 22.8 Å². The van der Waals surface area contributed by atoms with Gasteiger partial charge in [0.1, 0.15) is 0 Å². The molecule has 5 nitrogen and oxygen atoms in total. The highest BCUT2D eigenvalue weighted by molar-refractivity contribution is 8.00. The molecule has 2 N–H and O–H groups in total. The van der Waals surface area contributed by atoms with Gasteiger partial charge in [-0.3, -0.25) is 4.79 Å². The van der Waals surface area contributed by atoms with Crippen molar-refractivity contribution in [1.29, 1.82) is 5.26 Å². The third kappa shape index (κ3) is 4.14. The maximum absolute atomic E-state index is 12.4. The number of nitriles is 1. The van der Waals surface area contributed by atoms with Crippen molar-refractivity contribution in [3.63, 3.8) is 0 Å². The Bertz CT molecular complexity index is 353. The van der Waals surface area contributed by atoms with Gasteiger partial charge < -0.3 is 10.4 Å². The fourth-order valence-electron chi connectivity index (χ4n) is 0.750. The number of hydrogen-bond donors (Lipinski definition) is 2. The molecule has 0 aliphatic carbocycles. The number of hydrogen-bond acceptors (Lipinski definition) is 4. The molecule has 1 atom stereocenters. The van der Waals surface area contributed by atoms with Crippen LogP contribution < -0.4 is 5.32 Å². The van der Waals surface area contributed by atoms with Gasteiger partial charge in [0, 0.05) is 0 Å². The average molecular weight is 270 g/mol. The third-order valence-corrected chi connectivity index (χ3v) is 2.58. The van der Waals surface area contributed by atoms with Crippen LogP contribution in [0.4, 0.5) is 13.2 Å². The van der Waals surface area contributed by atoms with Crippen molar-refractivity contribution in [3.05, 3.63) is 0 Å². The van der Waals surface area contributed by atoms with Crippen molar-refractivity contribution >= 4 is 23.6 Å². The van der Waals surface area contributed by atoms with E-state index in [4.69, 9.17) is 10.4 Å². The van der Waals surface area contributed by atoms with Gasteiger partial charge in [-0.2, -0.15) is 18.4 Å². The minimum absolute atomic E-state index is 0.0662. The van der Waals surface area contributed by atoms with Crippen molar-refractivity contribution in [2.45, 2.75) is 18.6 Å². The number of carboxylic acids is 1. The largest absolute Gasteiger partial charge is 0.479 e. The first-order valence-corrected chi connectivity index (χ1v) is 5.36. The number of halogens is 3. The van der Waals surface area contributed by atoms with Gasteiger partial charge in [0.15, 0.2) is 0 Å². The van der Waals surface area contributed by atoms with Crippen LogP contribution in [-0.4, -0.2) is 40.2 Å². The van der Waals surface area contributed by atoms with Crippen molar-refractivity contribution in [1.82, 2.24) is 5.32 Å². The Hall–Kier alpha value is -1.43. The van der Waals surface area contributed by atoms with E-state index in [-0.39, 0.29) is 5.75 Å². The number of rotatable bonds is 5. The molecule has 0 radical (unpaired) electrons. The van der Waals surface area contributed by atoms with E-state index in [0.717, 1.165) is 11.8 Å². The standard InChI is InChI=1S/C8H9F3N2O3S/c1-7(6(15)16,8(9,10)11)13-5(14)4-17-3-2-12/h3-4H2,1H3,(H,13,14)(H,15,16). The molecule has 9 heteroatoms. The first kappa shape index (κ1) is 15.6. The molecule has 0 spiro atoms. The molecular formula is C8H9F3N2O3S. The van der Waals surface area contributed by atoms with Crippen molar-refractivity contribution in [2.75, 3.05) is 11.5 Å². The van der Waals surface area contributed by atoms with Crippen molar-refractivity contribution < 1.29 is 27.9 Å². The summed E-state index contributed by atoms with van der Waals surface area (Å²) in [7, 11) is 0. The summed E-state index contributed by atoms with van der Waals surface area (Å²) in [6.07, 6.45) is -5.10. The molecule has 0 aromatic carbocycles. The SMILES string of the molecule is CC(NC(=O)CSCC#N)(C(=O)O)C(F)(F)F. The molecule has 0 rings (SSSR count). The summed E-state index contributed by atoms with van der Waals surface area (Å²) in [4.78, 5) is 21.6. The molecule has 0 fully saturated rings. The number of nitrogens with zero attached hydrogens (tertiary/aromatic N) is 1. The van der Waals surface area contributed by atoms with Crippen LogP contribution >= 0.6 is 11.8 Å². The molecule has 1 unspecified atom stereocenters. The summed E-state index contributed by atoms with van der Waals surface area (Å²) in [5, 5.41) is 18.0. The van der Waals surface area contributed by atoms with E-state index in [2.05, 4.69) is 0 Å². The molecule has 1 amide bonds. The highest BCUT2D eigenvalue weighted by atomic mass is 32.2. The number of nitrogens with one attached hydrogen (secondary N) is 1. The molecule has 0 bridgehead atoms. The number of thioether (sulfide) groups is 1. The minimum atomic E-state index is -5.10. The second-order valence-corrected chi connectivity index (χ2v) is 4.11. The van der Waals surface area contributed by atoms with Crippen LogP contribution in [0.1, 0.15) is 6.92 Å². The highest BCUT2D eigenvalue weighted by Crippen LogP contribution is 2.30. The van der Waals surface area contributed by atoms with E-state index < -0.39 is 29.3 Å². The predicted molar refractivity (Wildman–Crippen MR) is 53.2 cm³/mol. The van der Waals surface area contributed by atoms with Gasteiger partial charge >= 0.3 is 12.1 Å². The summed E-state index contributed by atoms with van der Waals surface area (Å²) >= 11 is 0.791. The zero-order valence-electron chi connectivity index (χ0n) is 8.67. The molecule has 0 aliphatic heterocycles.